The molecule has 0 bridgehead atoms. The van der Waals surface area contributed by atoms with Crippen molar-refractivity contribution in [3.05, 3.63) is 10.4 Å². The fourth-order valence-corrected chi connectivity index (χ4v) is 2.93. The van der Waals surface area contributed by atoms with E-state index in [0.717, 1.165) is 19.6 Å². The average Bonchev–Trinajstić information content (AvgIpc) is 2.87. The molecule has 0 spiro atoms. The number of piperazine rings is 1. The molecule has 0 atom stereocenters. The molecule has 1 amide bonds. The molecule has 204 valence electrons. The number of carboxylic acid groups (broad SMARTS) is 1. The van der Waals surface area contributed by atoms with Crippen molar-refractivity contribution in [2.75, 3.05) is 132 Å². The summed E-state index contributed by atoms with van der Waals surface area (Å²) in [6, 6.07) is 0. The Hall–Kier alpha value is -1.74. The zero-order valence-electron chi connectivity index (χ0n) is 20.6. The van der Waals surface area contributed by atoms with Gasteiger partial charge in [-0.2, -0.15) is 0 Å². The molecule has 1 aliphatic heterocycles. The Morgan fingerprint density at radius 2 is 1.03 bits per heavy atom. The fraction of sp³-hybridized carbons (Fsp3) is 0.952. The first kappa shape index (κ1) is 31.3. The molecule has 1 aliphatic rings. The second-order valence-electron chi connectivity index (χ2n) is 7.35. The lowest BCUT2D eigenvalue weighted by atomic mass is 10.3. The number of hydrogen-bond acceptors (Lipinski definition) is 10. The smallest absolute Gasteiger partial charge is 0.407 e. The van der Waals surface area contributed by atoms with Crippen LogP contribution in [0, 0.1) is 0 Å². The molecule has 0 aromatic rings. The molecule has 1 fully saturated rings. The van der Waals surface area contributed by atoms with Crippen LogP contribution in [0.2, 0.25) is 0 Å². The molecule has 0 saturated carbocycles. The summed E-state index contributed by atoms with van der Waals surface area (Å²) >= 11 is 0. The van der Waals surface area contributed by atoms with Gasteiger partial charge in [0.2, 0.25) is 0 Å². The summed E-state index contributed by atoms with van der Waals surface area (Å²) in [5, 5.41) is 12.3. The van der Waals surface area contributed by atoms with Crippen molar-refractivity contribution in [3.63, 3.8) is 0 Å². The van der Waals surface area contributed by atoms with Crippen molar-refractivity contribution in [2.24, 2.45) is 5.11 Å². The van der Waals surface area contributed by atoms with E-state index in [1.165, 1.54) is 4.90 Å². The van der Waals surface area contributed by atoms with Crippen LogP contribution in [0.3, 0.4) is 0 Å². The normalized spacial score (nSPS) is 14.2. The van der Waals surface area contributed by atoms with Gasteiger partial charge in [-0.1, -0.05) is 5.11 Å². The lowest BCUT2D eigenvalue weighted by molar-refractivity contribution is -0.0210. The van der Waals surface area contributed by atoms with Crippen molar-refractivity contribution in [1.29, 1.82) is 0 Å². The minimum absolute atomic E-state index is 0.327. The summed E-state index contributed by atoms with van der Waals surface area (Å²) < 4.78 is 37.8. The van der Waals surface area contributed by atoms with Crippen molar-refractivity contribution in [3.8, 4) is 0 Å². The van der Waals surface area contributed by atoms with E-state index >= 15 is 0 Å². The Kier molecular flexibility index (Phi) is 21.4. The van der Waals surface area contributed by atoms with E-state index in [9.17, 15) is 4.79 Å². The van der Waals surface area contributed by atoms with Gasteiger partial charge in [-0.05, 0) is 5.53 Å². The second kappa shape index (κ2) is 24.0. The third kappa shape index (κ3) is 20.2. The van der Waals surface area contributed by atoms with Gasteiger partial charge in [0.15, 0.2) is 0 Å². The lowest BCUT2D eigenvalue weighted by Gasteiger charge is -2.32. The van der Waals surface area contributed by atoms with E-state index < -0.39 is 6.09 Å². The Bertz CT molecular complexity index is 547. The molecule has 1 heterocycles. The molecule has 0 aromatic heterocycles. The van der Waals surface area contributed by atoms with Crippen molar-refractivity contribution < 1.29 is 43.1 Å². The van der Waals surface area contributed by atoms with Crippen LogP contribution in [0.15, 0.2) is 5.11 Å². The van der Waals surface area contributed by atoms with Gasteiger partial charge in [0, 0.05) is 44.2 Å². The van der Waals surface area contributed by atoms with Gasteiger partial charge in [0.05, 0.1) is 92.5 Å². The third-order valence-corrected chi connectivity index (χ3v) is 4.83. The molecular weight excluding hydrogens is 466 g/mol. The first-order valence-electron chi connectivity index (χ1n) is 12.0. The molecular formula is C21H41N5O9. The van der Waals surface area contributed by atoms with Gasteiger partial charge in [-0.25, -0.2) is 4.79 Å². The van der Waals surface area contributed by atoms with E-state index in [2.05, 4.69) is 14.9 Å². The molecule has 1 rings (SSSR count). The number of ether oxygens (including phenoxy) is 7. The maximum Gasteiger partial charge on any atom is 0.407 e. The van der Waals surface area contributed by atoms with E-state index in [1.807, 2.05) is 0 Å². The van der Waals surface area contributed by atoms with Crippen LogP contribution in [0.5, 0.6) is 0 Å². The van der Waals surface area contributed by atoms with Crippen LogP contribution in [-0.4, -0.2) is 153 Å². The fourth-order valence-electron chi connectivity index (χ4n) is 2.93. The van der Waals surface area contributed by atoms with Gasteiger partial charge in [-0.3, -0.25) is 4.90 Å². The van der Waals surface area contributed by atoms with Crippen LogP contribution in [0.1, 0.15) is 0 Å². The molecule has 0 unspecified atom stereocenters. The number of carbonyl (C=O) groups is 1. The van der Waals surface area contributed by atoms with Crippen LogP contribution in [-0.2, 0) is 33.2 Å². The molecule has 0 aliphatic carbocycles. The Labute approximate surface area is 206 Å². The molecule has 1 N–H and O–H groups in total. The third-order valence-electron chi connectivity index (χ3n) is 4.83. The molecule has 0 aromatic carbocycles. The monoisotopic (exact) mass is 507 g/mol. The minimum atomic E-state index is -0.849. The highest BCUT2D eigenvalue weighted by molar-refractivity contribution is 5.65. The first-order valence-corrected chi connectivity index (χ1v) is 12.0. The van der Waals surface area contributed by atoms with Crippen LogP contribution in [0.4, 0.5) is 4.79 Å². The Morgan fingerprint density at radius 3 is 1.40 bits per heavy atom. The van der Waals surface area contributed by atoms with Gasteiger partial charge >= 0.3 is 6.09 Å². The topological polar surface area (TPSA) is 157 Å². The Morgan fingerprint density at radius 1 is 0.657 bits per heavy atom. The number of hydrogen-bond donors (Lipinski definition) is 1. The standard InChI is InChI=1S/C21H41N5O9/c22-24-23-1-7-29-9-11-31-13-15-33-17-19-35-20-18-34-16-14-32-12-10-30-8-6-25-2-4-26(5-3-25)21(27)28/h1-20H2,(H,27,28). The van der Waals surface area contributed by atoms with Gasteiger partial charge in [-0.15, -0.1) is 0 Å². The summed E-state index contributed by atoms with van der Waals surface area (Å²) in [5.41, 5.74) is 8.11. The highest BCUT2D eigenvalue weighted by atomic mass is 16.6. The predicted molar refractivity (Wildman–Crippen MR) is 126 cm³/mol. The molecule has 14 nitrogen and oxygen atoms in total. The molecule has 14 heteroatoms. The summed E-state index contributed by atoms with van der Waals surface area (Å²) in [5.74, 6) is 0. The summed E-state index contributed by atoms with van der Waals surface area (Å²) in [6.07, 6.45) is -0.849. The molecule has 0 radical (unpaired) electrons. The highest BCUT2D eigenvalue weighted by Gasteiger charge is 2.19. The van der Waals surface area contributed by atoms with Crippen molar-refractivity contribution in [1.82, 2.24) is 9.80 Å². The molecule has 35 heavy (non-hydrogen) atoms. The number of nitrogens with zero attached hydrogens (tertiary/aromatic N) is 5. The largest absolute Gasteiger partial charge is 0.465 e. The maximum atomic E-state index is 10.9. The molecule has 1 saturated heterocycles. The quantitative estimate of drug-likeness (QED) is 0.0853. The van der Waals surface area contributed by atoms with Crippen LogP contribution >= 0.6 is 0 Å². The van der Waals surface area contributed by atoms with E-state index in [-0.39, 0.29) is 0 Å². The second-order valence-corrected chi connectivity index (χ2v) is 7.35. The lowest BCUT2D eigenvalue weighted by Crippen LogP contribution is -2.49. The van der Waals surface area contributed by atoms with E-state index in [4.69, 9.17) is 43.8 Å². The van der Waals surface area contributed by atoms with Gasteiger partial charge in [0.1, 0.15) is 0 Å². The summed E-state index contributed by atoms with van der Waals surface area (Å²) in [6.45, 7) is 10.6. The zero-order valence-corrected chi connectivity index (χ0v) is 20.6. The Balaban J connectivity index is 1.67. The first-order chi connectivity index (χ1) is 17.2. The zero-order chi connectivity index (χ0) is 25.2. The summed E-state index contributed by atoms with van der Waals surface area (Å²) in [7, 11) is 0. The van der Waals surface area contributed by atoms with E-state index in [0.29, 0.717) is 112 Å². The highest BCUT2D eigenvalue weighted by Crippen LogP contribution is 2.01. The van der Waals surface area contributed by atoms with Crippen molar-refractivity contribution in [2.45, 2.75) is 0 Å². The maximum absolute atomic E-state index is 10.9. The van der Waals surface area contributed by atoms with Gasteiger partial charge < -0.3 is 43.2 Å². The predicted octanol–water partition coefficient (Wildman–Crippen LogP) is 0.709. The van der Waals surface area contributed by atoms with Crippen LogP contribution < -0.4 is 0 Å². The van der Waals surface area contributed by atoms with Crippen LogP contribution in [0.25, 0.3) is 10.4 Å². The number of azide groups is 1. The van der Waals surface area contributed by atoms with E-state index in [1.54, 1.807) is 0 Å². The average molecular weight is 508 g/mol. The van der Waals surface area contributed by atoms with Crippen molar-refractivity contribution >= 4 is 6.09 Å². The SMILES string of the molecule is [N-]=[N+]=NCCOCCOCCOCCOCCOCCOCCOCCN1CCN(C(=O)O)CC1. The van der Waals surface area contributed by atoms with Gasteiger partial charge in [0.25, 0.3) is 0 Å². The minimum Gasteiger partial charge on any atom is -0.465 e. The number of rotatable bonds is 24. The number of amides is 1. The summed E-state index contributed by atoms with van der Waals surface area (Å²) in [4.78, 5) is 17.1.